The Morgan fingerprint density at radius 3 is 2.38 bits per heavy atom. The Kier molecular flexibility index (Phi) is 5.00. The average Bonchev–Trinajstić information content (AvgIpc) is 2.65. The summed E-state index contributed by atoms with van der Waals surface area (Å²) in [6, 6.07) is 0. The second-order valence-electron chi connectivity index (χ2n) is 4.27. The standard InChI is InChI=1S/C11H16O4.ClH/c1-4-15-8(12)6-5-7-9(10(13)14)11(7,2)3;/h5-7,9H,4H2,1-3H3,(H,13,14);1H. The predicted molar refractivity (Wildman–Crippen MR) is 61.4 cm³/mol. The van der Waals surface area contributed by atoms with Gasteiger partial charge in [-0.3, -0.25) is 4.79 Å². The van der Waals surface area contributed by atoms with Crippen LogP contribution in [-0.4, -0.2) is 23.7 Å². The number of carbonyl (C=O) groups is 2. The van der Waals surface area contributed by atoms with Crippen LogP contribution >= 0.6 is 12.4 Å². The monoisotopic (exact) mass is 248 g/mol. The number of aliphatic carboxylic acids is 1. The van der Waals surface area contributed by atoms with E-state index in [9.17, 15) is 9.59 Å². The van der Waals surface area contributed by atoms with Crippen LogP contribution in [0, 0.1) is 17.3 Å². The maximum atomic E-state index is 11.0. The minimum absolute atomic E-state index is 0. The maximum Gasteiger partial charge on any atom is 0.330 e. The number of rotatable bonds is 4. The highest BCUT2D eigenvalue weighted by atomic mass is 35.5. The number of allylic oxidation sites excluding steroid dienone is 1. The summed E-state index contributed by atoms with van der Waals surface area (Å²) in [7, 11) is 0. The van der Waals surface area contributed by atoms with Gasteiger partial charge >= 0.3 is 11.9 Å². The van der Waals surface area contributed by atoms with Crippen molar-refractivity contribution in [2.75, 3.05) is 6.61 Å². The van der Waals surface area contributed by atoms with Crippen LogP contribution in [0.15, 0.2) is 12.2 Å². The fraction of sp³-hybridized carbons (Fsp3) is 0.636. The molecule has 1 aliphatic rings. The number of ether oxygens (including phenoxy) is 1. The fourth-order valence-electron chi connectivity index (χ4n) is 1.88. The lowest BCUT2D eigenvalue weighted by atomic mass is 10.1. The number of carbonyl (C=O) groups excluding carboxylic acids is 1. The first-order valence-electron chi connectivity index (χ1n) is 4.99. The van der Waals surface area contributed by atoms with E-state index in [2.05, 4.69) is 0 Å². The molecule has 0 heterocycles. The first kappa shape index (κ1) is 15.0. The summed E-state index contributed by atoms with van der Waals surface area (Å²) < 4.78 is 4.71. The maximum absolute atomic E-state index is 11.0. The van der Waals surface area contributed by atoms with Gasteiger partial charge in [0.25, 0.3) is 0 Å². The van der Waals surface area contributed by atoms with Gasteiger partial charge in [0.1, 0.15) is 0 Å². The third-order valence-corrected chi connectivity index (χ3v) is 2.90. The molecule has 1 rings (SSSR count). The second kappa shape index (κ2) is 5.34. The fourth-order valence-corrected chi connectivity index (χ4v) is 1.88. The Labute approximate surface area is 101 Å². The third-order valence-electron chi connectivity index (χ3n) is 2.90. The van der Waals surface area contributed by atoms with Crippen molar-refractivity contribution >= 4 is 24.3 Å². The van der Waals surface area contributed by atoms with Crippen LogP contribution in [0.25, 0.3) is 0 Å². The van der Waals surface area contributed by atoms with E-state index in [0.29, 0.717) is 6.61 Å². The van der Waals surface area contributed by atoms with Crippen LogP contribution in [0.4, 0.5) is 0 Å². The molecule has 0 amide bonds. The van der Waals surface area contributed by atoms with E-state index < -0.39 is 11.9 Å². The van der Waals surface area contributed by atoms with Crippen LogP contribution < -0.4 is 0 Å². The van der Waals surface area contributed by atoms with Crippen LogP contribution in [0.5, 0.6) is 0 Å². The first-order chi connectivity index (χ1) is 6.91. The van der Waals surface area contributed by atoms with Crippen molar-refractivity contribution in [3.8, 4) is 0 Å². The number of halogens is 1. The summed E-state index contributed by atoms with van der Waals surface area (Å²) >= 11 is 0. The minimum Gasteiger partial charge on any atom is -0.481 e. The molecule has 2 unspecified atom stereocenters. The summed E-state index contributed by atoms with van der Waals surface area (Å²) in [6.45, 7) is 5.82. The zero-order chi connectivity index (χ0) is 11.6. The quantitative estimate of drug-likeness (QED) is 0.610. The van der Waals surface area contributed by atoms with E-state index in [4.69, 9.17) is 9.84 Å². The number of carboxylic acids is 1. The second-order valence-corrected chi connectivity index (χ2v) is 4.27. The molecular weight excluding hydrogens is 232 g/mol. The highest BCUT2D eigenvalue weighted by Gasteiger charge is 2.60. The Morgan fingerprint density at radius 1 is 1.44 bits per heavy atom. The van der Waals surface area contributed by atoms with E-state index in [1.54, 1.807) is 13.0 Å². The van der Waals surface area contributed by atoms with E-state index >= 15 is 0 Å². The topological polar surface area (TPSA) is 63.6 Å². The van der Waals surface area contributed by atoms with E-state index in [0.717, 1.165) is 0 Å². The van der Waals surface area contributed by atoms with Gasteiger partial charge in [-0.05, 0) is 18.3 Å². The molecule has 4 nitrogen and oxygen atoms in total. The molecule has 0 aromatic rings. The van der Waals surface area contributed by atoms with Crippen LogP contribution in [0.2, 0.25) is 0 Å². The average molecular weight is 249 g/mol. The summed E-state index contributed by atoms with van der Waals surface area (Å²) in [6.07, 6.45) is 2.95. The molecule has 2 atom stereocenters. The van der Waals surface area contributed by atoms with Crippen LogP contribution in [0.1, 0.15) is 20.8 Å². The molecule has 0 radical (unpaired) electrons. The lowest BCUT2D eigenvalue weighted by molar-refractivity contribution is -0.140. The van der Waals surface area contributed by atoms with Crippen molar-refractivity contribution in [2.24, 2.45) is 17.3 Å². The van der Waals surface area contributed by atoms with Gasteiger partial charge in [0.05, 0.1) is 12.5 Å². The van der Waals surface area contributed by atoms with Crippen molar-refractivity contribution in [3.63, 3.8) is 0 Å². The van der Waals surface area contributed by atoms with Crippen LogP contribution in [0.3, 0.4) is 0 Å². The summed E-state index contributed by atoms with van der Waals surface area (Å²) in [4.78, 5) is 21.8. The van der Waals surface area contributed by atoms with Gasteiger partial charge in [0, 0.05) is 6.08 Å². The number of hydrogen-bond donors (Lipinski definition) is 1. The summed E-state index contributed by atoms with van der Waals surface area (Å²) in [5.74, 6) is -1.68. The lowest BCUT2D eigenvalue weighted by Crippen LogP contribution is -2.03. The van der Waals surface area contributed by atoms with E-state index in [1.807, 2.05) is 13.8 Å². The SMILES string of the molecule is CCOC(=O)C=CC1C(C(=O)O)C1(C)C.Cl. The summed E-state index contributed by atoms with van der Waals surface area (Å²) in [5, 5.41) is 8.88. The summed E-state index contributed by atoms with van der Waals surface area (Å²) in [5.41, 5.74) is -0.255. The molecule has 16 heavy (non-hydrogen) atoms. The van der Waals surface area contributed by atoms with Crippen molar-refractivity contribution in [1.82, 2.24) is 0 Å². The molecule has 92 valence electrons. The smallest absolute Gasteiger partial charge is 0.330 e. The van der Waals surface area contributed by atoms with Crippen molar-refractivity contribution < 1.29 is 19.4 Å². The molecule has 1 N–H and O–H groups in total. The molecule has 0 aromatic carbocycles. The zero-order valence-electron chi connectivity index (χ0n) is 9.60. The van der Waals surface area contributed by atoms with Crippen LogP contribution in [-0.2, 0) is 14.3 Å². The van der Waals surface area contributed by atoms with E-state index in [-0.39, 0.29) is 29.7 Å². The third kappa shape index (κ3) is 2.98. The highest BCUT2D eigenvalue weighted by molar-refractivity contribution is 5.85. The van der Waals surface area contributed by atoms with Crippen molar-refractivity contribution in [2.45, 2.75) is 20.8 Å². The molecule has 0 aromatic heterocycles. The normalized spacial score (nSPS) is 25.9. The lowest BCUT2D eigenvalue weighted by Gasteiger charge is -1.97. The van der Waals surface area contributed by atoms with Gasteiger partial charge in [-0.1, -0.05) is 19.9 Å². The van der Waals surface area contributed by atoms with Crippen molar-refractivity contribution in [3.05, 3.63) is 12.2 Å². The molecule has 0 spiro atoms. The molecule has 1 saturated carbocycles. The zero-order valence-corrected chi connectivity index (χ0v) is 10.4. The predicted octanol–water partition coefficient (Wildman–Crippen LogP) is 1.88. The Hall–Kier alpha value is -1.03. The van der Waals surface area contributed by atoms with Gasteiger partial charge in [-0.2, -0.15) is 0 Å². The molecule has 1 fully saturated rings. The highest BCUT2D eigenvalue weighted by Crippen LogP contribution is 2.58. The Balaban J connectivity index is 0.00000225. The van der Waals surface area contributed by atoms with Crippen molar-refractivity contribution in [1.29, 1.82) is 0 Å². The largest absolute Gasteiger partial charge is 0.481 e. The van der Waals surface area contributed by atoms with Gasteiger partial charge in [-0.25, -0.2) is 4.79 Å². The Morgan fingerprint density at radius 2 is 2.00 bits per heavy atom. The Bertz CT molecular complexity index is 309. The first-order valence-corrected chi connectivity index (χ1v) is 4.99. The molecule has 0 bridgehead atoms. The number of esters is 1. The molecule has 1 aliphatic carbocycles. The van der Waals surface area contributed by atoms with Gasteiger partial charge < -0.3 is 9.84 Å². The van der Waals surface area contributed by atoms with Gasteiger partial charge in [0.2, 0.25) is 0 Å². The number of carboxylic acid groups (broad SMARTS) is 1. The minimum atomic E-state index is -0.807. The van der Waals surface area contributed by atoms with Gasteiger partial charge in [-0.15, -0.1) is 12.4 Å². The molecule has 0 saturated heterocycles. The molecular formula is C11H17ClO4. The molecule has 5 heteroatoms. The number of hydrogen-bond acceptors (Lipinski definition) is 3. The van der Waals surface area contributed by atoms with E-state index in [1.165, 1.54) is 6.08 Å². The van der Waals surface area contributed by atoms with Gasteiger partial charge in [0.15, 0.2) is 0 Å². The molecule has 0 aliphatic heterocycles.